The first-order valence-electron chi connectivity index (χ1n) is 19.4. The molecule has 0 aromatic carbocycles. The van der Waals surface area contributed by atoms with E-state index in [1.54, 1.807) is 0 Å². The Balaban J connectivity index is 3.04. The van der Waals surface area contributed by atoms with Crippen LogP contribution in [0.2, 0.25) is 0 Å². The Hall–Kier alpha value is -1.51. The Morgan fingerprint density at radius 3 is 1.55 bits per heavy atom. The molecule has 0 aromatic heterocycles. The highest BCUT2D eigenvalue weighted by Gasteiger charge is 2.60. The maximum Gasteiger partial charge on any atom is 0.225 e. The van der Waals surface area contributed by atoms with Crippen LogP contribution in [0.5, 0.6) is 0 Å². The van der Waals surface area contributed by atoms with Gasteiger partial charge in [0.1, 0.15) is 24.2 Å². The third-order valence-corrected chi connectivity index (χ3v) is 9.97. The van der Waals surface area contributed by atoms with Crippen LogP contribution >= 0.6 is 0 Å². The molecule has 7 atom stereocenters. The van der Waals surface area contributed by atoms with Gasteiger partial charge in [0.05, 0.1) is 25.4 Å². The Bertz CT molecular complexity index is 912. The summed E-state index contributed by atoms with van der Waals surface area (Å²) in [5, 5.41) is 41.3. The maximum atomic E-state index is 13.9. The van der Waals surface area contributed by atoms with Gasteiger partial charge in [0.15, 0.2) is 11.6 Å². The molecule has 1 unspecified atom stereocenters. The van der Waals surface area contributed by atoms with Gasteiger partial charge in [-0.2, -0.15) is 0 Å². The van der Waals surface area contributed by atoms with Gasteiger partial charge >= 0.3 is 0 Å². The maximum absolute atomic E-state index is 13.9. The molecule has 49 heavy (non-hydrogen) atoms. The van der Waals surface area contributed by atoms with Crippen molar-refractivity contribution in [3.63, 3.8) is 0 Å². The lowest BCUT2D eigenvalue weighted by Gasteiger charge is -2.53. The zero-order valence-corrected chi connectivity index (χ0v) is 30.7. The van der Waals surface area contributed by atoms with Crippen LogP contribution in [0.4, 0.5) is 0 Å². The summed E-state index contributed by atoms with van der Waals surface area (Å²) in [7, 11) is 0. The van der Waals surface area contributed by atoms with Gasteiger partial charge in [-0.15, -0.1) is 0 Å². The summed E-state index contributed by atoms with van der Waals surface area (Å²) >= 11 is 0. The highest BCUT2D eigenvalue weighted by atomic mass is 16.6. The van der Waals surface area contributed by atoms with Gasteiger partial charge in [0, 0.05) is 13.0 Å². The largest absolute Gasteiger partial charge is 0.394 e. The minimum absolute atomic E-state index is 0.105. The predicted octanol–water partition coefficient (Wildman–Crippen LogP) is 3.56. The second kappa shape index (κ2) is 26.3. The number of nitrogens with zero attached hydrogens (tertiary/aromatic N) is 1. The molecule has 10 N–H and O–H groups in total. The zero-order valence-electron chi connectivity index (χ0n) is 30.7. The number of hydrogen-bond donors (Lipinski definition) is 7. The quantitative estimate of drug-likeness (QED) is 0.0326. The number of rotatable bonds is 30. The van der Waals surface area contributed by atoms with Gasteiger partial charge in [0.25, 0.3) is 0 Å². The number of aliphatic hydroxyl groups excluding tert-OH is 4. The molecule has 1 rings (SSSR count). The standard InChI is InChI=1S/C37H72N4O8/c1-3-5-7-9-11-13-14-15-17-19-21-23-25-41(30(44)24-22-20-18-16-12-10-8-6-4-2)37(40)31(36(48)34(46)29(27-43)49-37)35(47)32(39)33(45)28(38)26-42/h28-29,31-32,34,36,42-43,46,48H,3-27,38-40H2,1-2H3/t28-,29+,31+,32?,34+,36+,37-/m0/s1. The average molecular weight is 701 g/mol. The number of nitrogens with two attached hydrogens (primary N) is 3. The van der Waals surface area contributed by atoms with E-state index in [-0.39, 0.29) is 13.0 Å². The summed E-state index contributed by atoms with van der Waals surface area (Å²) in [5.41, 5.74) is 18.4. The van der Waals surface area contributed by atoms with Crippen molar-refractivity contribution in [2.45, 2.75) is 191 Å². The van der Waals surface area contributed by atoms with Gasteiger partial charge in [-0.1, -0.05) is 136 Å². The molecular formula is C37H72N4O8. The first-order valence-corrected chi connectivity index (χ1v) is 19.4. The second-order valence-electron chi connectivity index (χ2n) is 14.1. The lowest BCUT2D eigenvalue weighted by atomic mass is 9.79. The third-order valence-electron chi connectivity index (χ3n) is 9.97. The van der Waals surface area contributed by atoms with Crippen molar-refractivity contribution in [2.75, 3.05) is 19.8 Å². The van der Waals surface area contributed by atoms with Crippen molar-refractivity contribution in [1.29, 1.82) is 0 Å². The van der Waals surface area contributed by atoms with E-state index in [0.717, 1.165) is 51.4 Å². The van der Waals surface area contributed by atoms with Gasteiger partial charge in [0.2, 0.25) is 11.8 Å². The van der Waals surface area contributed by atoms with Crippen LogP contribution in [0.15, 0.2) is 0 Å². The predicted molar refractivity (Wildman–Crippen MR) is 192 cm³/mol. The van der Waals surface area contributed by atoms with Crippen LogP contribution in [0.25, 0.3) is 0 Å². The van der Waals surface area contributed by atoms with E-state index in [1.165, 1.54) is 75.5 Å². The fraction of sp³-hybridized carbons (Fsp3) is 0.919. The summed E-state index contributed by atoms with van der Waals surface area (Å²) < 4.78 is 5.94. The highest BCUT2D eigenvalue weighted by molar-refractivity contribution is 6.09. The third kappa shape index (κ3) is 15.7. The molecule has 1 saturated heterocycles. The van der Waals surface area contributed by atoms with Crippen molar-refractivity contribution in [1.82, 2.24) is 4.90 Å². The minimum Gasteiger partial charge on any atom is -0.394 e. The van der Waals surface area contributed by atoms with E-state index in [4.69, 9.17) is 21.9 Å². The van der Waals surface area contributed by atoms with Crippen molar-refractivity contribution in [2.24, 2.45) is 23.1 Å². The molecule has 0 radical (unpaired) electrons. The summed E-state index contributed by atoms with van der Waals surface area (Å²) in [4.78, 5) is 41.6. The molecule has 0 aromatic rings. The molecule has 0 bridgehead atoms. The lowest BCUT2D eigenvalue weighted by Crippen LogP contribution is -2.76. The summed E-state index contributed by atoms with van der Waals surface area (Å²) in [6.45, 7) is 3.02. The van der Waals surface area contributed by atoms with Crippen LogP contribution in [0, 0.1) is 5.92 Å². The molecule has 0 spiro atoms. The fourth-order valence-electron chi connectivity index (χ4n) is 6.78. The number of hydrogen-bond acceptors (Lipinski definition) is 11. The monoisotopic (exact) mass is 701 g/mol. The lowest BCUT2D eigenvalue weighted by molar-refractivity contribution is -0.291. The summed E-state index contributed by atoms with van der Waals surface area (Å²) in [5.74, 6) is -6.57. The van der Waals surface area contributed by atoms with Crippen LogP contribution in [-0.4, -0.2) is 98.8 Å². The van der Waals surface area contributed by atoms with E-state index in [2.05, 4.69) is 13.8 Å². The molecule has 1 aliphatic heterocycles. The van der Waals surface area contributed by atoms with Gasteiger partial charge in [-0.3, -0.25) is 20.1 Å². The number of aliphatic hydroxyl groups is 4. The molecule has 0 saturated carbocycles. The molecule has 12 nitrogen and oxygen atoms in total. The van der Waals surface area contributed by atoms with Crippen LogP contribution in [0.3, 0.4) is 0 Å². The van der Waals surface area contributed by atoms with Crippen LogP contribution < -0.4 is 17.2 Å². The normalized spacial score (nSPS) is 23.7. The highest BCUT2D eigenvalue weighted by Crippen LogP contribution is 2.36. The molecule has 1 fully saturated rings. The number of carbonyl (C=O) groups excluding carboxylic acids is 3. The van der Waals surface area contributed by atoms with Crippen molar-refractivity contribution >= 4 is 17.5 Å². The SMILES string of the molecule is CCCCCCCCCCCCCCN(C(=O)CCCCCCCCCCC)[C@]1(N)O[C@H](CO)[C@@H](O)[C@H](O)[C@H]1C(=O)C(N)C(=O)[C@@H](N)CO. The van der Waals surface area contributed by atoms with E-state index in [0.29, 0.717) is 12.8 Å². The van der Waals surface area contributed by atoms with Gasteiger partial charge < -0.3 is 41.5 Å². The van der Waals surface area contributed by atoms with E-state index in [1.807, 2.05) is 0 Å². The zero-order chi connectivity index (χ0) is 36.7. The molecule has 288 valence electrons. The fourth-order valence-corrected chi connectivity index (χ4v) is 6.78. The summed E-state index contributed by atoms with van der Waals surface area (Å²) in [6, 6.07) is -3.35. The Morgan fingerprint density at radius 2 is 1.12 bits per heavy atom. The van der Waals surface area contributed by atoms with E-state index in [9.17, 15) is 34.8 Å². The number of carbonyl (C=O) groups is 3. The van der Waals surface area contributed by atoms with E-state index < -0.39 is 72.8 Å². The average Bonchev–Trinajstić information content (AvgIpc) is 3.09. The Labute approximate surface area is 295 Å². The van der Waals surface area contributed by atoms with Gasteiger partial charge in [-0.05, 0) is 12.8 Å². The topological polar surface area (TPSA) is 223 Å². The molecular weight excluding hydrogens is 628 g/mol. The van der Waals surface area contributed by atoms with E-state index >= 15 is 0 Å². The number of unbranched alkanes of at least 4 members (excludes halogenated alkanes) is 19. The number of ketones is 2. The number of Topliss-reactive ketones (excluding diaryl/α,β-unsaturated/α-hetero) is 2. The first kappa shape index (κ1) is 45.5. The molecule has 1 aliphatic rings. The smallest absolute Gasteiger partial charge is 0.225 e. The van der Waals surface area contributed by atoms with Crippen molar-refractivity contribution in [3.8, 4) is 0 Å². The summed E-state index contributed by atoms with van der Waals surface area (Å²) in [6.07, 6.45) is 18.0. The van der Waals surface area contributed by atoms with Crippen molar-refractivity contribution in [3.05, 3.63) is 0 Å². The van der Waals surface area contributed by atoms with Crippen LogP contribution in [0.1, 0.15) is 155 Å². The minimum atomic E-state index is -2.31. The molecule has 0 aliphatic carbocycles. The van der Waals surface area contributed by atoms with Crippen LogP contribution in [-0.2, 0) is 19.1 Å². The molecule has 1 heterocycles. The number of ether oxygens (including phenoxy) is 1. The molecule has 1 amide bonds. The first-order chi connectivity index (χ1) is 23.5. The molecule has 12 heteroatoms. The number of amides is 1. The Kier molecular flexibility index (Phi) is 24.4. The van der Waals surface area contributed by atoms with Crippen molar-refractivity contribution < 1.29 is 39.5 Å². The Morgan fingerprint density at radius 1 is 0.694 bits per heavy atom. The second-order valence-corrected chi connectivity index (χ2v) is 14.1. The van der Waals surface area contributed by atoms with Gasteiger partial charge in [-0.25, -0.2) is 0 Å².